The average Bonchev–Trinajstić information content (AvgIpc) is 3.06. The maximum Gasteiger partial charge on any atom is 0.310 e. The summed E-state index contributed by atoms with van der Waals surface area (Å²) < 4.78 is 10.6. The van der Waals surface area contributed by atoms with E-state index in [-0.39, 0.29) is 12.4 Å². The first kappa shape index (κ1) is 13.7. The first-order valence-corrected chi connectivity index (χ1v) is 7.14. The Labute approximate surface area is 124 Å². The standard InChI is InChI=1S/C18H18O3/c1-2-20-11-9-17(19)21-18-10-8-15(12-18)16(13-18)14-6-4-3-5-7-14/h2-8,10,13,15H,1,9,11-12H2. The summed E-state index contributed by atoms with van der Waals surface area (Å²) in [6, 6.07) is 10.2. The molecule has 0 fully saturated rings. The number of esters is 1. The predicted octanol–water partition coefficient (Wildman–Crippen LogP) is 3.49. The highest BCUT2D eigenvalue weighted by atomic mass is 16.6. The van der Waals surface area contributed by atoms with Crippen LogP contribution < -0.4 is 0 Å². The molecule has 0 radical (unpaired) electrons. The van der Waals surface area contributed by atoms with Crippen LogP contribution in [0.15, 0.2) is 61.4 Å². The third-order valence-electron chi connectivity index (χ3n) is 3.90. The molecular formula is C18H18O3. The molecule has 0 saturated carbocycles. The van der Waals surface area contributed by atoms with Crippen LogP contribution in [0.5, 0.6) is 0 Å². The predicted molar refractivity (Wildman–Crippen MR) is 81.3 cm³/mol. The summed E-state index contributed by atoms with van der Waals surface area (Å²) in [6.07, 6.45) is 8.59. The van der Waals surface area contributed by atoms with Crippen LogP contribution >= 0.6 is 0 Å². The Bertz CT molecular complexity index is 600. The highest BCUT2D eigenvalue weighted by Gasteiger charge is 2.44. The van der Waals surface area contributed by atoms with E-state index in [1.54, 1.807) is 0 Å². The molecule has 2 atom stereocenters. The number of ether oxygens (including phenoxy) is 2. The lowest BCUT2D eigenvalue weighted by Gasteiger charge is -2.22. The van der Waals surface area contributed by atoms with E-state index in [9.17, 15) is 4.79 Å². The summed E-state index contributed by atoms with van der Waals surface area (Å²) in [5.41, 5.74) is 1.87. The minimum absolute atomic E-state index is 0.237. The van der Waals surface area contributed by atoms with Gasteiger partial charge in [-0.25, -0.2) is 0 Å². The summed E-state index contributed by atoms with van der Waals surface area (Å²) in [6.45, 7) is 3.75. The van der Waals surface area contributed by atoms with Crippen LogP contribution in [0.3, 0.4) is 0 Å². The van der Waals surface area contributed by atoms with Crippen molar-refractivity contribution in [2.75, 3.05) is 6.61 Å². The van der Waals surface area contributed by atoms with E-state index in [4.69, 9.17) is 9.47 Å². The lowest BCUT2D eigenvalue weighted by Crippen LogP contribution is -2.27. The number of carbonyl (C=O) groups is 1. The molecule has 3 heteroatoms. The summed E-state index contributed by atoms with van der Waals surface area (Å²) in [5.74, 6) is 0.0948. The molecule has 2 aliphatic carbocycles. The highest BCUT2D eigenvalue weighted by Crippen LogP contribution is 2.47. The fraction of sp³-hybridized carbons (Fsp3) is 0.278. The van der Waals surface area contributed by atoms with Crippen LogP contribution in [-0.4, -0.2) is 18.2 Å². The van der Waals surface area contributed by atoms with Crippen LogP contribution in [0.25, 0.3) is 5.57 Å². The molecule has 108 valence electrons. The monoisotopic (exact) mass is 282 g/mol. The minimum Gasteiger partial charge on any atom is -0.501 e. The van der Waals surface area contributed by atoms with E-state index >= 15 is 0 Å². The van der Waals surface area contributed by atoms with Gasteiger partial charge in [0, 0.05) is 12.3 Å². The van der Waals surface area contributed by atoms with Gasteiger partial charge in [0.2, 0.25) is 0 Å². The van der Waals surface area contributed by atoms with E-state index < -0.39 is 5.60 Å². The Morgan fingerprint density at radius 3 is 2.95 bits per heavy atom. The molecule has 0 heterocycles. The molecule has 21 heavy (non-hydrogen) atoms. The molecule has 2 unspecified atom stereocenters. The smallest absolute Gasteiger partial charge is 0.310 e. The molecule has 0 aromatic heterocycles. The summed E-state index contributed by atoms with van der Waals surface area (Å²) in [7, 11) is 0. The molecular weight excluding hydrogens is 264 g/mol. The van der Waals surface area contributed by atoms with Crippen molar-refractivity contribution in [3.05, 3.63) is 67.0 Å². The lowest BCUT2D eigenvalue weighted by atomic mass is 9.96. The van der Waals surface area contributed by atoms with Gasteiger partial charge in [0.1, 0.15) is 5.60 Å². The second kappa shape index (κ2) is 5.60. The SMILES string of the molecule is C=COCCC(=O)OC12C=CC(C1)C(c1ccccc1)=C2. The van der Waals surface area contributed by atoms with Gasteiger partial charge >= 0.3 is 5.97 Å². The molecule has 0 spiro atoms. The molecule has 0 saturated heterocycles. The van der Waals surface area contributed by atoms with Gasteiger partial charge in [-0.05, 0) is 23.3 Å². The zero-order valence-electron chi connectivity index (χ0n) is 11.8. The van der Waals surface area contributed by atoms with Gasteiger partial charge < -0.3 is 9.47 Å². The first-order valence-electron chi connectivity index (χ1n) is 7.14. The third kappa shape index (κ3) is 2.77. The maximum atomic E-state index is 11.9. The molecule has 0 aliphatic heterocycles. The Morgan fingerprint density at radius 2 is 2.19 bits per heavy atom. The number of allylic oxidation sites excluding steroid dienone is 2. The van der Waals surface area contributed by atoms with E-state index in [0.29, 0.717) is 12.5 Å². The topological polar surface area (TPSA) is 35.5 Å². The third-order valence-corrected chi connectivity index (χ3v) is 3.90. The first-order chi connectivity index (χ1) is 10.2. The summed E-state index contributed by atoms with van der Waals surface area (Å²) in [5, 5.41) is 0. The maximum absolute atomic E-state index is 11.9. The highest BCUT2D eigenvalue weighted by molar-refractivity contribution is 5.78. The number of benzene rings is 1. The van der Waals surface area contributed by atoms with Crippen molar-refractivity contribution >= 4 is 11.5 Å². The van der Waals surface area contributed by atoms with Gasteiger partial charge in [0.15, 0.2) is 0 Å². The molecule has 0 N–H and O–H groups in total. The quantitative estimate of drug-likeness (QED) is 0.347. The molecule has 2 bridgehead atoms. The molecule has 0 amide bonds. The normalized spacial score (nSPS) is 25.5. The van der Waals surface area contributed by atoms with Gasteiger partial charge in [0.25, 0.3) is 0 Å². The van der Waals surface area contributed by atoms with Crippen LogP contribution in [0.2, 0.25) is 0 Å². The van der Waals surface area contributed by atoms with Gasteiger partial charge in [0.05, 0.1) is 19.3 Å². The second-order valence-corrected chi connectivity index (χ2v) is 5.35. The fourth-order valence-electron chi connectivity index (χ4n) is 2.97. The van der Waals surface area contributed by atoms with E-state index in [1.807, 2.05) is 24.3 Å². The van der Waals surface area contributed by atoms with Crippen molar-refractivity contribution < 1.29 is 14.3 Å². The zero-order chi connectivity index (χ0) is 14.7. The van der Waals surface area contributed by atoms with Gasteiger partial charge in [-0.1, -0.05) is 43.0 Å². The molecule has 3 nitrogen and oxygen atoms in total. The zero-order valence-corrected chi connectivity index (χ0v) is 11.8. The second-order valence-electron chi connectivity index (χ2n) is 5.35. The van der Waals surface area contributed by atoms with Gasteiger partial charge in [-0.3, -0.25) is 4.79 Å². The Balaban J connectivity index is 1.71. The number of hydrogen-bond donors (Lipinski definition) is 0. The van der Waals surface area contributed by atoms with Crippen molar-refractivity contribution in [1.82, 2.24) is 0 Å². The lowest BCUT2D eigenvalue weighted by molar-refractivity contribution is -0.152. The van der Waals surface area contributed by atoms with Crippen LogP contribution in [0.1, 0.15) is 18.4 Å². The van der Waals surface area contributed by atoms with Crippen molar-refractivity contribution in [3.8, 4) is 0 Å². The van der Waals surface area contributed by atoms with E-state index in [1.165, 1.54) is 17.4 Å². The largest absolute Gasteiger partial charge is 0.501 e. The Hall–Kier alpha value is -2.29. The Kier molecular flexibility index (Phi) is 3.65. The van der Waals surface area contributed by atoms with Crippen LogP contribution in [0, 0.1) is 5.92 Å². The van der Waals surface area contributed by atoms with Crippen molar-refractivity contribution in [2.45, 2.75) is 18.4 Å². The summed E-state index contributed by atoms with van der Waals surface area (Å²) >= 11 is 0. The number of carbonyl (C=O) groups excluding carboxylic acids is 1. The molecule has 2 aliphatic rings. The minimum atomic E-state index is -0.568. The summed E-state index contributed by atoms with van der Waals surface area (Å²) in [4.78, 5) is 11.9. The van der Waals surface area contributed by atoms with Crippen molar-refractivity contribution in [1.29, 1.82) is 0 Å². The molecule has 3 rings (SSSR count). The van der Waals surface area contributed by atoms with Crippen LogP contribution in [0.4, 0.5) is 0 Å². The Morgan fingerprint density at radius 1 is 1.38 bits per heavy atom. The van der Waals surface area contributed by atoms with E-state index in [2.05, 4.69) is 30.9 Å². The van der Waals surface area contributed by atoms with E-state index in [0.717, 1.165) is 6.42 Å². The molecule has 1 aromatic carbocycles. The number of hydrogen-bond acceptors (Lipinski definition) is 3. The van der Waals surface area contributed by atoms with Crippen LogP contribution in [-0.2, 0) is 14.3 Å². The van der Waals surface area contributed by atoms with Gasteiger partial charge in [-0.2, -0.15) is 0 Å². The molecule has 1 aromatic rings. The number of fused-ring (bicyclic) bond motifs is 2. The van der Waals surface area contributed by atoms with Gasteiger partial charge in [-0.15, -0.1) is 0 Å². The average molecular weight is 282 g/mol. The van der Waals surface area contributed by atoms with Crippen molar-refractivity contribution in [3.63, 3.8) is 0 Å². The number of rotatable bonds is 6. The fourth-order valence-corrected chi connectivity index (χ4v) is 2.97. The van der Waals surface area contributed by atoms with Crippen molar-refractivity contribution in [2.24, 2.45) is 5.92 Å².